The van der Waals surface area contributed by atoms with E-state index in [1.165, 1.54) is 144 Å². The van der Waals surface area contributed by atoms with E-state index in [0.717, 1.165) is 25.7 Å². The topological polar surface area (TPSA) is 0 Å². The van der Waals surface area contributed by atoms with Crippen molar-refractivity contribution in [1.82, 2.24) is 0 Å². The van der Waals surface area contributed by atoms with Crippen LogP contribution in [0.5, 0.6) is 0 Å². The molecule has 5 atom stereocenters. The van der Waals surface area contributed by atoms with Gasteiger partial charge in [-0.05, 0) is 0 Å². The Balaban J connectivity index is 1.35. The second-order valence-electron chi connectivity index (χ2n) is 21.2. The van der Waals surface area contributed by atoms with E-state index >= 15 is 0 Å². The average molecular weight is 1020 g/mol. The number of hydrogen-bond donors (Lipinski definition) is 0. The van der Waals surface area contributed by atoms with Crippen LogP contribution in [-0.4, -0.2) is 12.1 Å². The molecule has 2 fully saturated rings. The van der Waals surface area contributed by atoms with Crippen LogP contribution in [0.4, 0.5) is 13.2 Å². The van der Waals surface area contributed by atoms with E-state index in [0.29, 0.717) is 23.7 Å². The number of halogens is 5. The van der Waals surface area contributed by atoms with Crippen LogP contribution in [0.15, 0.2) is 96.1 Å². The molecule has 0 nitrogen and oxygen atoms in total. The Morgan fingerprint density at radius 2 is 0.969 bits per heavy atom. The summed E-state index contributed by atoms with van der Waals surface area (Å²) in [6.07, 6.45) is 18.5. The van der Waals surface area contributed by atoms with Gasteiger partial charge in [-0.3, -0.25) is 0 Å². The zero-order valence-corrected chi connectivity index (χ0v) is 45.0. The number of alkyl halides is 3. The normalized spacial score (nSPS) is 21.8. The van der Waals surface area contributed by atoms with Crippen molar-refractivity contribution in [2.75, 3.05) is 0 Å². The summed E-state index contributed by atoms with van der Waals surface area (Å²) >= 11 is -5.72. The minimum absolute atomic E-state index is 0.0698. The van der Waals surface area contributed by atoms with Gasteiger partial charge >= 0.3 is 402 Å². The SMILES string of the molecule is CCC(C)c1ccc(-c2cccc3c2C=C(CC2CCCCCC2)[CH]3[Zr]([Cl])([Cl])([CH]2C(CC3CCCCCC3)=Cc3c(-c4ccc(C(C)CC)cc4)cccc32)[SiH](C)CCC(F)(F)F)cc1. The monoisotopic (exact) mass is 1020 g/mol. The van der Waals surface area contributed by atoms with Crippen molar-refractivity contribution in [2.24, 2.45) is 11.8 Å². The molecule has 7 heteroatoms. The third-order valence-corrected chi connectivity index (χ3v) is 67.2. The van der Waals surface area contributed by atoms with Gasteiger partial charge in [0.25, 0.3) is 0 Å². The molecule has 0 bridgehead atoms. The van der Waals surface area contributed by atoms with Gasteiger partial charge in [0.05, 0.1) is 0 Å². The predicted molar refractivity (Wildman–Crippen MR) is 274 cm³/mol. The van der Waals surface area contributed by atoms with Gasteiger partial charge in [-0.25, -0.2) is 0 Å². The van der Waals surface area contributed by atoms with Gasteiger partial charge in [-0.1, -0.05) is 0 Å². The molecule has 4 aliphatic carbocycles. The van der Waals surface area contributed by atoms with Crippen LogP contribution in [0.1, 0.15) is 189 Å². The molecule has 4 aromatic rings. The second kappa shape index (κ2) is 20.8. The summed E-state index contributed by atoms with van der Waals surface area (Å²) in [6, 6.07) is 31.7. The fourth-order valence-electron chi connectivity index (χ4n) is 12.7. The zero-order chi connectivity index (χ0) is 46.0. The molecule has 349 valence electrons. The Morgan fingerprint density at radius 3 is 1.32 bits per heavy atom. The molecular weight excluding hydrogens is 944 g/mol. The number of allylic oxidation sites excluding steroid dienone is 2. The molecule has 5 unspecified atom stereocenters. The number of rotatable bonds is 15. The molecule has 65 heavy (non-hydrogen) atoms. The Morgan fingerprint density at radius 1 is 0.585 bits per heavy atom. The molecule has 0 radical (unpaired) electrons. The number of hydrogen-bond acceptors (Lipinski definition) is 0. The summed E-state index contributed by atoms with van der Waals surface area (Å²) in [4.78, 5) is 0. The van der Waals surface area contributed by atoms with Gasteiger partial charge < -0.3 is 0 Å². The molecule has 0 saturated heterocycles. The van der Waals surface area contributed by atoms with E-state index in [9.17, 15) is 13.2 Å². The summed E-state index contributed by atoms with van der Waals surface area (Å²) in [5.41, 5.74) is 14.8. The molecular formula is C58H74Cl2F3SiZr. The van der Waals surface area contributed by atoms with Crippen molar-refractivity contribution in [3.05, 3.63) is 129 Å². The third-order valence-electron chi connectivity index (χ3n) is 17.0. The van der Waals surface area contributed by atoms with Crippen LogP contribution < -0.4 is 0 Å². The third kappa shape index (κ3) is 10.4. The van der Waals surface area contributed by atoms with Crippen molar-refractivity contribution in [1.29, 1.82) is 0 Å². The summed E-state index contributed by atoms with van der Waals surface area (Å²) in [6.45, 7) is 11.2. The maximum atomic E-state index is 14.6. The van der Waals surface area contributed by atoms with Crippen LogP contribution >= 0.6 is 17.0 Å². The second-order valence-corrected chi connectivity index (χ2v) is 62.5. The van der Waals surface area contributed by atoms with E-state index in [2.05, 4.69) is 131 Å². The summed E-state index contributed by atoms with van der Waals surface area (Å²) in [5.74, 6) is -0.580. The maximum absolute atomic E-state index is 14.6. The predicted octanol–water partition coefficient (Wildman–Crippen LogP) is 19.6. The summed E-state index contributed by atoms with van der Waals surface area (Å²) in [7, 11) is 18.3. The molecule has 0 spiro atoms. The molecule has 4 aromatic carbocycles. The van der Waals surface area contributed by atoms with Crippen molar-refractivity contribution in [3.8, 4) is 22.3 Å². The van der Waals surface area contributed by atoms with Crippen LogP contribution in [0.25, 0.3) is 34.4 Å². The molecule has 0 heterocycles. The quantitative estimate of drug-likeness (QED) is 0.0822. The Bertz CT molecular complexity index is 2160. The van der Waals surface area contributed by atoms with Crippen molar-refractivity contribution >= 4 is 35.1 Å². The first kappa shape index (κ1) is 49.3. The first-order valence-electron chi connectivity index (χ1n) is 25.7. The van der Waals surface area contributed by atoms with Gasteiger partial charge in [-0.15, -0.1) is 0 Å². The van der Waals surface area contributed by atoms with E-state index in [1.807, 2.05) is 0 Å². The van der Waals surface area contributed by atoms with E-state index in [1.54, 1.807) is 0 Å². The molecule has 0 amide bonds. The first-order chi connectivity index (χ1) is 31.2. The van der Waals surface area contributed by atoms with Crippen LogP contribution in [0.3, 0.4) is 0 Å². The molecule has 0 aromatic heterocycles. The number of benzene rings is 4. The summed E-state index contributed by atoms with van der Waals surface area (Å²) < 4.78 is 43.4. The Kier molecular flexibility index (Phi) is 15.8. The van der Waals surface area contributed by atoms with Crippen molar-refractivity contribution < 1.29 is 28.7 Å². The standard InChI is InChI=1S/2C27H33.C4H8F3Si.2ClH.Zr/c2*1-3-20(2)23-13-15-24(16-14-23)26-12-8-11-25-18-22(19-27(25)26)17-21-9-6-4-5-7-10-21;1-8-3-2-4(5,6)7;;;/h2*8,11-16,18-21H,3-7,9-10,17H2,1-2H3;8H,2-3H2,1H3;2*1H;/q;;;;;+2/p-2. The Labute approximate surface area is 399 Å². The van der Waals surface area contributed by atoms with Crippen molar-refractivity contribution in [3.63, 3.8) is 0 Å². The van der Waals surface area contributed by atoms with Crippen LogP contribution in [0, 0.1) is 11.8 Å². The zero-order valence-electron chi connectivity index (χ0n) is 39.9. The molecule has 0 N–H and O–H groups in total. The fraction of sp³-hybridized carbons (Fsp3) is 0.517. The van der Waals surface area contributed by atoms with Gasteiger partial charge in [0, 0.05) is 0 Å². The number of fused-ring (bicyclic) bond motifs is 2. The fourth-order valence-corrected chi connectivity index (χ4v) is 52.8. The van der Waals surface area contributed by atoms with Gasteiger partial charge in [0.15, 0.2) is 0 Å². The van der Waals surface area contributed by atoms with Gasteiger partial charge in [0.2, 0.25) is 0 Å². The Hall–Kier alpha value is -2.17. The van der Waals surface area contributed by atoms with Gasteiger partial charge in [0.1, 0.15) is 0 Å². The van der Waals surface area contributed by atoms with Crippen LogP contribution in [0.2, 0.25) is 12.6 Å². The van der Waals surface area contributed by atoms with E-state index in [4.69, 9.17) is 17.0 Å². The van der Waals surface area contributed by atoms with Crippen molar-refractivity contribution in [2.45, 2.75) is 175 Å². The van der Waals surface area contributed by atoms with E-state index < -0.39 is 34.1 Å². The molecule has 2 saturated carbocycles. The van der Waals surface area contributed by atoms with E-state index in [-0.39, 0.29) is 13.3 Å². The minimum atomic E-state index is -5.72. The van der Waals surface area contributed by atoms with Gasteiger partial charge in [-0.2, -0.15) is 0 Å². The van der Waals surface area contributed by atoms with Crippen LogP contribution in [-0.2, 0) is 15.6 Å². The molecule has 8 rings (SSSR count). The molecule has 4 aliphatic rings. The first-order valence-corrected chi connectivity index (χ1v) is 41.7. The average Bonchev–Trinajstić information content (AvgIpc) is 3.62. The molecule has 0 aliphatic heterocycles. The summed E-state index contributed by atoms with van der Waals surface area (Å²) in [5, 5.41) is 0.